The third-order valence-electron chi connectivity index (χ3n) is 4.65. The maximum atomic E-state index is 11.2. The van der Waals surface area contributed by atoms with Crippen LogP contribution in [-0.2, 0) is 15.3 Å². The lowest BCUT2D eigenvalue weighted by Crippen LogP contribution is -2.45. The second-order valence-electron chi connectivity index (χ2n) is 6.02. The molecule has 1 aromatic carbocycles. The Morgan fingerprint density at radius 3 is 2.48 bits per heavy atom. The predicted octanol–water partition coefficient (Wildman–Crippen LogP) is 1.25. The molecular weight excluding hydrogens is 290 g/mol. The molecule has 116 valence electrons. The summed E-state index contributed by atoms with van der Waals surface area (Å²) in [6.07, 6.45) is 3.15. The molecule has 0 atom stereocenters. The van der Waals surface area contributed by atoms with Gasteiger partial charge in [0.2, 0.25) is 0 Å². The van der Waals surface area contributed by atoms with E-state index in [2.05, 4.69) is 0 Å². The van der Waals surface area contributed by atoms with Crippen molar-refractivity contribution in [3.8, 4) is 11.5 Å². The summed E-state index contributed by atoms with van der Waals surface area (Å²) in [6, 6.07) is 5.88. The average molecular weight is 311 g/mol. The molecule has 0 unspecified atom stereocenters. The number of nitrogens with two attached hydrogens (primary N) is 1. The van der Waals surface area contributed by atoms with E-state index >= 15 is 0 Å². The van der Waals surface area contributed by atoms with Crippen molar-refractivity contribution in [3.05, 3.63) is 23.8 Å². The smallest absolute Gasteiger partial charge is 0.161 e. The van der Waals surface area contributed by atoms with Gasteiger partial charge < -0.3 is 15.2 Å². The fourth-order valence-electron chi connectivity index (χ4n) is 3.07. The van der Waals surface area contributed by atoms with E-state index in [9.17, 15) is 8.42 Å². The Bertz CT molecular complexity index is 620. The van der Waals surface area contributed by atoms with Crippen LogP contribution in [0, 0.1) is 0 Å². The molecule has 0 spiro atoms. The van der Waals surface area contributed by atoms with E-state index in [1.54, 1.807) is 7.11 Å². The quantitative estimate of drug-likeness (QED) is 0.885. The zero-order valence-electron chi connectivity index (χ0n) is 12.2. The number of rotatable bonds is 5. The second-order valence-corrected chi connectivity index (χ2v) is 8.17. The Kier molecular flexibility index (Phi) is 3.61. The summed E-state index contributed by atoms with van der Waals surface area (Å²) < 4.78 is 33.5. The molecule has 1 saturated heterocycles. The van der Waals surface area contributed by atoms with E-state index in [-0.39, 0.29) is 23.0 Å². The molecule has 0 aromatic heterocycles. The number of methoxy groups -OCH3 is 1. The molecule has 1 aliphatic heterocycles. The molecule has 0 radical (unpaired) electrons. The van der Waals surface area contributed by atoms with E-state index < -0.39 is 9.84 Å². The molecule has 0 amide bonds. The highest BCUT2D eigenvalue weighted by molar-refractivity contribution is 7.92. The highest BCUT2D eigenvalue weighted by Gasteiger charge is 2.38. The van der Waals surface area contributed by atoms with E-state index in [1.807, 2.05) is 18.2 Å². The Labute approximate surface area is 125 Å². The van der Waals surface area contributed by atoms with Crippen molar-refractivity contribution in [2.75, 3.05) is 25.2 Å². The molecular formula is C15H21NO4S. The van der Waals surface area contributed by atoms with Gasteiger partial charge in [-0.15, -0.1) is 0 Å². The average Bonchev–Trinajstić information content (AvgIpc) is 2.37. The van der Waals surface area contributed by atoms with Gasteiger partial charge in [-0.2, -0.15) is 0 Å². The van der Waals surface area contributed by atoms with Crippen LogP contribution in [0.25, 0.3) is 0 Å². The Morgan fingerprint density at radius 2 is 2.00 bits per heavy atom. The van der Waals surface area contributed by atoms with Crippen LogP contribution in [0.4, 0.5) is 0 Å². The van der Waals surface area contributed by atoms with Gasteiger partial charge in [0.15, 0.2) is 21.3 Å². The molecule has 5 nitrogen and oxygen atoms in total. The summed E-state index contributed by atoms with van der Waals surface area (Å²) in [4.78, 5) is 0. The first-order chi connectivity index (χ1) is 9.98. The van der Waals surface area contributed by atoms with Crippen molar-refractivity contribution in [1.29, 1.82) is 0 Å². The zero-order chi connectivity index (χ0) is 15.1. The van der Waals surface area contributed by atoms with Gasteiger partial charge in [-0.3, -0.25) is 0 Å². The third-order valence-corrected chi connectivity index (χ3v) is 6.41. The first-order valence-electron chi connectivity index (χ1n) is 7.24. The summed E-state index contributed by atoms with van der Waals surface area (Å²) in [5.41, 5.74) is 7.19. The molecule has 2 fully saturated rings. The molecule has 2 N–H and O–H groups in total. The normalized spacial score (nSPS) is 23.0. The molecule has 1 saturated carbocycles. The number of ether oxygens (including phenoxy) is 2. The fraction of sp³-hybridized carbons (Fsp3) is 0.600. The topological polar surface area (TPSA) is 78.6 Å². The lowest BCUT2D eigenvalue weighted by Gasteiger charge is -2.41. The van der Waals surface area contributed by atoms with Crippen molar-refractivity contribution in [3.63, 3.8) is 0 Å². The minimum Gasteiger partial charge on any atom is -0.493 e. The molecule has 6 heteroatoms. The Balaban J connectivity index is 1.79. The van der Waals surface area contributed by atoms with Crippen LogP contribution in [0.3, 0.4) is 0 Å². The van der Waals surface area contributed by atoms with Crippen molar-refractivity contribution < 1.29 is 17.9 Å². The SMILES string of the molecule is COc1cc(C2(CN)CCC2)ccc1OC1CS(=O)(=O)C1. The maximum Gasteiger partial charge on any atom is 0.161 e. The summed E-state index contributed by atoms with van der Waals surface area (Å²) in [7, 11) is -1.29. The van der Waals surface area contributed by atoms with Crippen LogP contribution in [0.5, 0.6) is 11.5 Å². The molecule has 3 rings (SSSR count). The van der Waals surface area contributed by atoms with Gasteiger partial charge in [-0.1, -0.05) is 12.5 Å². The van der Waals surface area contributed by atoms with Crippen molar-refractivity contribution in [2.24, 2.45) is 5.73 Å². The minimum absolute atomic E-state index is 0.0750. The standard InChI is InChI=1S/C15H21NO4S/c1-19-14-7-11(15(10-16)5-2-6-15)3-4-13(14)20-12-8-21(17,18)9-12/h3-4,7,12H,2,5-6,8-10,16H2,1H3. The third kappa shape index (κ3) is 2.62. The number of benzene rings is 1. The van der Waals surface area contributed by atoms with E-state index in [4.69, 9.17) is 15.2 Å². The zero-order valence-corrected chi connectivity index (χ0v) is 13.0. The van der Waals surface area contributed by atoms with Gasteiger partial charge >= 0.3 is 0 Å². The highest BCUT2D eigenvalue weighted by atomic mass is 32.2. The predicted molar refractivity (Wildman–Crippen MR) is 80.6 cm³/mol. The van der Waals surface area contributed by atoms with Crippen molar-refractivity contribution >= 4 is 9.84 Å². The van der Waals surface area contributed by atoms with Crippen molar-refractivity contribution in [2.45, 2.75) is 30.8 Å². The van der Waals surface area contributed by atoms with Gasteiger partial charge in [0.05, 0.1) is 18.6 Å². The lowest BCUT2D eigenvalue weighted by molar-refractivity contribution is 0.217. The lowest BCUT2D eigenvalue weighted by atomic mass is 9.64. The van der Waals surface area contributed by atoms with E-state index in [0.717, 1.165) is 12.8 Å². The molecule has 1 aliphatic carbocycles. The molecule has 1 aromatic rings. The summed E-state index contributed by atoms with van der Waals surface area (Å²) >= 11 is 0. The maximum absolute atomic E-state index is 11.2. The van der Waals surface area contributed by atoms with Gasteiger partial charge in [-0.05, 0) is 30.5 Å². The molecule has 2 aliphatic rings. The molecule has 1 heterocycles. The molecule has 0 bridgehead atoms. The van der Waals surface area contributed by atoms with Crippen LogP contribution in [0.2, 0.25) is 0 Å². The Hall–Kier alpha value is -1.27. The summed E-state index contributed by atoms with van der Waals surface area (Å²) in [5.74, 6) is 1.43. The highest BCUT2D eigenvalue weighted by Crippen LogP contribution is 2.45. The first kappa shape index (κ1) is 14.7. The van der Waals surface area contributed by atoms with Crippen LogP contribution in [-0.4, -0.2) is 39.7 Å². The molecule has 21 heavy (non-hydrogen) atoms. The monoisotopic (exact) mass is 311 g/mol. The van der Waals surface area contributed by atoms with Crippen LogP contribution >= 0.6 is 0 Å². The first-order valence-corrected chi connectivity index (χ1v) is 9.06. The fourth-order valence-corrected chi connectivity index (χ4v) is 4.25. The van der Waals surface area contributed by atoms with Gasteiger partial charge in [0.25, 0.3) is 0 Å². The van der Waals surface area contributed by atoms with E-state index in [1.165, 1.54) is 12.0 Å². The number of hydrogen-bond acceptors (Lipinski definition) is 5. The van der Waals surface area contributed by atoms with Crippen LogP contribution in [0.15, 0.2) is 18.2 Å². The van der Waals surface area contributed by atoms with Gasteiger partial charge in [0, 0.05) is 12.0 Å². The van der Waals surface area contributed by atoms with Gasteiger partial charge in [-0.25, -0.2) is 8.42 Å². The summed E-state index contributed by atoms with van der Waals surface area (Å²) in [6.45, 7) is 0.636. The number of sulfone groups is 1. The van der Waals surface area contributed by atoms with Crippen LogP contribution < -0.4 is 15.2 Å². The minimum atomic E-state index is -2.88. The van der Waals surface area contributed by atoms with Crippen molar-refractivity contribution in [1.82, 2.24) is 0 Å². The van der Waals surface area contributed by atoms with Crippen LogP contribution in [0.1, 0.15) is 24.8 Å². The Morgan fingerprint density at radius 1 is 1.29 bits per heavy atom. The summed E-state index contributed by atoms with van der Waals surface area (Å²) in [5, 5.41) is 0. The largest absolute Gasteiger partial charge is 0.493 e. The van der Waals surface area contributed by atoms with Gasteiger partial charge in [0.1, 0.15) is 6.10 Å². The number of hydrogen-bond donors (Lipinski definition) is 1. The second kappa shape index (κ2) is 5.18. The van der Waals surface area contributed by atoms with E-state index in [0.29, 0.717) is 18.0 Å².